The fourth-order valence-corrected chi connectivity index (χ4v) is 13.6. The summed E-state index contributed by atoms with van der Waals surface area (Å²) in [5.74, 6) is 0. The molecular weight excluding hydrogens is 645 g/mol. The summed E-state index contributed by atoms with van der Waals surface area (Å²) in [5, 5.41) is 8.13. The molecule has 8 aromatic rings. The molecule has 3 heteroatoms. The van der Waals surface area contributed by atoms with Crippen LogP contribution in [0.4, 0.5) is 0 Å². The Balaban J connectivity index is 1.34. The van der Waals surface area contributed by atoms with Crippen molar-refractivity contribution >= 4 is 76.3 Å². The summed E-state index contributed by atoms with van der Waals surface area (Å²) in [7, 11) is -2.66. The molecule has 0 radical (unpaired) electrons. The van der Waals surface area contributed by atoms with Crippen molar-refractivity contribution in [3.8, 4) is 22.3 Å². The monoisotopic (exact) mass is 672 g/mol. The van der Waals surface area contributed by atoms with Gasteiger partial charge >= 0.3 is 0 Å². The van der Waals surface area contributed by atoms with E-state index in [4.69, 9.17) is 0 Å². The van der Waals surface area contributed by atoms with Gasteiger partial charge in [-0.25, -0.2) is 0 Å². The topological polar surface area (TPSA) is 0 Å². The summed E-state index contributed by atoms with van der Waals surface area (Å²) >= 11 is 5.84. The van der Waals surface area contributed by atoms with E-state index in [1.165, 1.54) is 63.2 Å². The number of thiophene rings is 1. The molecule has 0 aliphatic rings. The van der Waals surface area contributed by atoms with Crippen LogP contribution < -0.4 is 20.7 Å². The lowest BCUT2D eigenvalue weighted by molar-refractivity contribution is 1.59. The lowest BCUT2D eigenvalue weighted by Crippen LogP contribution is -2.74. The molecule has 0 saturated heterocycles. The van der Waals surface area contributed by atoms with Crippen molar-refractivity contribution in [1.29, 1.82) is 0 Å². The maximum atomic E-state index is 3.96. The van der Waals surface area contributed by atoms with Gasteiger partial charge in [0, 0.05) is 24.6 Å². The summed E-state index contributed by atoms with van der Waals surface area (Å²) in [6, 6.07) is 64.9. The molecule has 7 aromatic carbocycles. The Kier molecular flexibility index (Phi) is 7.31. The second-order valence-corrected chi connectivity index (χ2v) is 17.2. The van der Waals surface area contributed by atoms with Crippen molar-refractivity contribution in [2.45, 2.75) is 0 Å². The number of rotatable bonds is 6. The van der Waals surface area contributed by atoms with E-state index in [2.05, 4.69) is 192 Å². The molecule has 1 aromatic heterocycles. The zero-order valence-corrected chi connectivity index (χ0v) is 27.9. The van der Waals surface area contributed by atoms with Crippen molar-refractivity contribution in [3.63, 3.8) is 0 Å². The smallest absolute Gasteiger partial charge is 0.135 e. The minimum atomic E-state index is -2.66. The quantitative estimate of drug-likeness (QED) is 0.122. The van der Waals surface area contributed by atoms with Gasteiger partial charge in [-0.3, -0.25) is 0 Å². The van der Waals surface area contributed by atoms with Crippen LogP contribution in [0.1, 0.15) is 0 Å². The number of fused-ring (bicyclic) bond motifs is 3. The molecule has 8 rings (SSSR count). The van der Waals surface area contributed by atoms with Crippen LogP contribution in [-0.2, 0) is 0 Å². The third-order valence-corrected chi connectivity index (χ3v) is 15.3. The lowest BCUT2D eigenvalue weighted by atomic mass is 9.98. The number of hydrogen-bond acceptors (Lipinski definition) is 1. The van der Waals surface area contributed by atoms with E-state index in [1.54, 1.807) is 0 Å². The molecule has 0 N–H and O–H groups in total. The zero-order chi connectivity index (χ0) is 30.2. The van der Waals surface area contributed by atoms with E-state index in [9.17, 15) is 0 Å². The minimum absolute atomic E-state index is 1.09. The highest BCUT2D eigenvalue weighted by Crippen LogP contribution is 2.40. The van der Waals surface area contributed by atoms with Crippen LogP contribution >= 0.6 is 27.3 Å². The Hall–Kier alpha value is -4.54. The fraction of sp³-hybridized carbons (Fsp3) is 0. The van der Waals surface area contributed by atoms with E-state index >= 15 is 0 Å². The van der Waals surface area contributed by atoms with Crippen LogP contribution in [-0.4, -0.2) is 8.07 Å². The van der Waals surface area contributed by atoms with Gasteiger partial charge < -0.3 is 0 Å². The number of halogens is 1. The largest absolute Gasteiger partial charge is 0.179 e. The Morgan fingerprint density at radius 2 is 0.956 bits per heavy atom. The zero-order valence-electron chi connectivity index (χ0n) is 24.5. The molecule has 1 heterocycles. The van der Waals surface area contributed by atoms with Gasteiger partial charge in [0.15, 0.2) is 8.07 Å². The first-order valence-electron chi connectivity index (χ1n) is 15.2. The third-order valence-electron chi connectivity index (χ3n) is 8.86. The summed E-state index contributed by atoms with van der Waals surface area (Å²) < 4.78 is 3.76. The highest BCUT2D eigenvalue weighted by Gasteiger charge is 2.41. The molecule has 0 bridgehead atoms. The maximum absolute atomic E-state index is 3.96. The number of benzene rings is 7. The molecular formula is C42H29BrSSi. The molecule has 0 aliphatic carbocycles. The molecule has 0 nitrogen and oxygen atoms in total. The van der Waals surface area contributed by atoms with Crippen molar-refractivity contribution < 1.29 is 0 Å². The first-order chi connectivity index (χ1) is 22.2. The summed E-state index contributed by atoms with van der Waals surface area (Å²) in [4.78, 5) is 0. The van der Waals surface area contributed by atoms with E-state index in [0.717, 1.165) is 4.47 Å². The van der Waals surface area contributed by atoms with Gasteiger partial charge in [0.2, 0.25) is 0 Å². The highest BCUT2D eigenvalue weighted by atomic mass is 79.9. The first kappa shape index (κ1) is 28.0. The molecule has 45 heavy (non-hydrogen) atoms. The normalized spacial score (nSPS) is 11.7. The van der Waals surface area contributed by atoms with Crippen molar-refractivity contribution in [3.05, 3.63) is 180 Å². The Morgan fingerprint density at radius 3 is 1.62 bits per heavy atom. The molecule has 0 amide bonds. The van der Waals surface area contributed by atoms with Crippen LogP contribution in [0.5, 0.6) is 0 Å². The average Bonchev–Trinajstić information content (AvgIpc) is 3.49. The summed E-state index contributed by atoms with van der Waals surface area (Å²) in [6.07, 6.45) is 0. The second-order valence-electron chi connectivity index (χ2n) is 11.4. The molecule has 0 fully saturated rings. The van der Waals surface area contributed by atoms with Gasteiger partial charge in [0.1, 0.15) is 0 Å². The molecule has 0 aliphatic heterocycles. The van der Waals surface area contributed by atoms with Gasteiger partial charge in [-0.1, -0.05) is 168 Å². The molecule has 0 saturated carbocycles. The van der Waals surface area contributed by atoms with Gasteiger partial charge in [-0.05, 0) is 67.3 Å². The van der Waals surface area contributed by atoms with E-state index < -0.39 is 8.07 Å². The lowest BCUT2D eigenvalue weighted by Gasteiger charge is -2.35. The average molecular weight is 674 g/mol. The summed E-state index contributed by atoms with van der Waals surface area (Å²) in [5.41, 5.74) is 4.95. The second kappa shape index (κ2) is 11.8. The maximum Gasteiger partial charge on any atom is 0.179 e. The van der Waals surface area contributed by atoms with E-state index in [1.807, 2.05) is 11.3 Å². The van der Waals surface area contributed by atoms with Crippen molar-refractivity contribution in [2.24, 2.45) is 0 Å². The van der Waals surface area contributed by atoms with Gasteiger partial charge in [0.05, 0.1) is 0 Å². The van der Waals surface area contributed by atoms with Crippen molar-refractivity contribution in [1.82, 2.24) is 0 Å². The summed E-state index contributed by atoms with van der Waals surface area (Å²) in [6.45, 7) is 0. The van der Waals surface area contributed by atoms with Gasteiger partial charge in [-0.2, -0.15) is 0 Å². The Bertz CT molecular complexity index is 2180. The van der Waals surface area contributed by atoms with Crippen molar-refractivity contribution in [2.75, 3.05) is 0 Å². The van der Waals surface area contributed by atoms with E-state index in [0.29, 0.717) is 0 Å². The predicted molar refractivity (Wildman–Crippen MR) is 202 cm³/mol. The van der Waals surface area contributed by atoms with Crippen LogP contribution in [0, 0.1) is 0 Å². The standard InChI is InChI=1S/C42H29BrSSi/c43-33-27-32(30-14-12-15-31(26-30)38-23-13-24-40-39-22-10-11-25-41(39)44-42(38)40)28-37(29-33)45(34-16-4-1-5-17-34,35-18-6-2-7-19-35)36-20-8-3-9-21-36/h1-29H. The molecule has 0 unspecified atom stereocenters. The van der Waals surface area contributed by atoms with E-state index in [-0.39, 0.29) is 0 Å². The molecule has 0 spiro atoms. The SMILES string of the molecule is Brc1cc(-c2cccc(-c3cccc4c3sc3ccccc34)c2)cc([Si](c2ccccc2)(c2ccccc2)c2ccccc2)c1. The predicted octanol–water partition coefficient (Wildman–Crippen LogP) is 9.53. The Morgan fingerprint density at radius 1 is 0.400 bits per heavy atom. The molecule has 0 atom stereocenters. The third kappa shape index (κ3) is 4.88. The Labute approximate surface area is 277 Å². The van der Waals surface area contributed by atoms with Crippen LogP contribution in [0.15, 0.2) is 180 Å². The fourth-order valence-electron chi connectivity index (χ4n) is 6.88. The van der Waals surface area contributed by atoms with Gasteiger partial charge in [-0.15, -0.1) is 11.3 Å². The van der Waals surface area contributed by atoms with Crippen LogP contribution in [0.25, 0.3) is 42.4 Å². The van der Waals surface area contributed by atoms with Gasteiger partial charge in [0.25, 0.3) is 0 Å². The highest BCUT2D eigenvalue weighted by molar-refractivity contribution is 9.10. The first-order valence-corrected chi connectivity index (χ1v) is 18.8. The minimum Gasteiger partial charge on any atom is -0.135 e. The molecule has 214 valence electrons. The van der Waals surface area contributed by atoms with Crippen LogP contribution in [0.3, 0.4) is 0 Å². The van der Waals surface area contributed by atoms with Crippen LogP contribution in [0.2, 0.25) is 0 Å². The number of hydrogen-bond donors (Lipinski definition) is 0.